The van der Waals surface area contributed by atoms with E-state index in [-0.39, 0.29) is 28.6 Å². The van der Waals surface area contributed by atoms with Gasteiger partial charge >= 0.3 is 5.97 Å². The Kier molecular flexibility index (Phi) is 4.52. The number of benzene rings is 1. The van der Waals surface area contributed by atoms with E-state index in [1.165, 1.54) is 18.2 Å². The highest BCUT2D eigenvalue weighted by atomic mass is 35.5. The fraction of sp³-hybridized carbons (Fsp3) is 0.385. The molecular formula is C13H13ClN2O4S. The molecule has 1 fully saturated rings. The van der Waals surface area contributed by atoms with Crippen molar-refractivity contribution in [2.75, 3.05) is 13.1 Å². The third-order valence-corrected chi connectivity index (χ3v) is 5.76. The minimum absolute atomic E-state index is 0.0356. The SMILES string of the molecule is N#Cc1ccc(S(=O)(=O)N2CCC[C@H](C(=O)O)C2)c(Cl)c1. The van der Waals surface area contributed by atoms with Gasteiger partial charge in [0.1, 0.15) is 4.90 Å². The van der Waals surface area contributed by atoms with Gasteiger partial charge in [-0.2, -0.15) is 9.57 Å². The first-order chi connectivity index (χ1) is 9.86. The first kappa shape index (κ1) is 15.8. The Morgan fingerprint density at radius 1 is 1.48 bits per heavy atom. The standard InChI is InChI=1S/C13H13ClN2O4S/c14-11-6-9(7-15)3-4-12(11)21(19,20)16-5-1-2-10(8-16)13(17)18/h3-4,6,10H,1-2,5,8H2,(H,17,18)/t10-/m0/s1. The molecule has 0 bridgehead atoms. The van der Waals surface area contributed by atoms with Crippen molar-refractivity contribution in [3.8, 4) is 6.07 Å². The van der Waals surface area contributed by atoms with Crippen molar-refractivity contribution in [2.24, 2.45) is 5.92 Å². The largest absolute Gasteiger partial charge is 0.481 e. The van der Waals surface area contributed by atoms with Crippen LogP contribution in [0.5, 0.6) is 0 Å². The molecule has 0 spiro atoms. The van der Waals surface area contributed by atoms with Gasteiger partial charge < -0.3 is 5.11 Å². The van der Waals surface area contributed by atoms with E-state index in [1.54, 1.807) is 0 Å². The second kappa shape index (κ2) is 6.02. The summed E-state index contributed by atoms with van der Waals surface area (Å²) >= 11 is 5.94. The first-order valence-electron chi connectivity index (χ1n) is 6.29. The lowest BCUT2D eigenvalue weighted by atomic mass is 10.0. The summed E-state index contributed by atoms with van der Waals surface area (Å²) in [6.45, 7) is 0.205. The number of nitriles is 1. The number of carboxylic acids is 1. The smallest absolute Gasteiger partial charge is 0.307 e. The molecule has 1 aromatic carbocycles. The molecule has 1 atom stereocenters. The number of carboxylic acid groups (broad SMARTS) is 1. The zero-order valence-corrected chi connectivity index (χ0v) is 12.6. The monoisotopic (exact) mass is 328 g/mol. The Bertz CT molecular complexity index is 711. The lowest BCUT2D eigenvalue weighted by Gasteiger charge is -2.30. The maximum atomic E-state index is 12.5. The van der Waals surface area contributed by atoms with Crippen molar-refractivity contribution in [1.29, 1.82) is 5.26 Å². The summed E-state index contributed by atoms with van der Waals surface area (Å²) in [7, 11) is -3.86. The summed E-state index contributed by atoms with van der Waals surface area (Å²) in [6.07, 6.45) is 0.951. The summed E-state index contributed by atoms with van der Waals surface area (Å²) in [5, 5.41) is 17.8. The number of hydrogen-bond donors (Lipinski definition) is 1. The number of sulfonamides is 1. The normalized spacial score (nSPS) is 19.9. The Balaban J connectivity index is 2.34. The van der Waals surface area contributed by atoms with Gasteiger partial charge in [0.15, 0.2) is 0 Å². The molecule has 1 N–H and O–H groups in total. The highest BCUT2D eigenvalue weighted by Gasteiger charge is 2.34. The van der Waals surface area contributed by atoms with Crippen LogP contribution in [0.4, 0.5) is 0 Å². The molecular weight excluding hydrogens is 316 g/mol. The topological polar surface area (TPSA) is 98.5 Å². The van der Waals surface area contributed by atoms with Gasteiger partial charge in [-0.05, 0) is 31.0 Å². The predicted molar refractivity (Wildman–Crippen MR) is 75.3 cm³/mol. The van der Waals surface area contributed by atoms with Gasteiger partial charge in [-0.3, -0.25) is 4.79 Å². The molecule has 1 aliphatic rings. The number of rotatable bonds is 3. The van der Waals surface area contributed by atoms with Crippen LogP contribution in [0.1, 0.15) is 18.4 Å². The highest BCUT2D eigenvalue weighted by molar-refractivity contribution is 7.89. The molecule has 0 amide bonds. The molecule has 1 aromatic rings. The van der Waals surface area contributed by atoms with Crippen molar-refractivity contribution in [1.82, 2.24) is 4.31 Å². The average Bonchev–Trinajstić information content (AvgIpc) is 2.46. The summed E-state index contributed by atoms with van der Waals surface area (Å²) in [5.74, 6) is -1.70. The van der Waals surface area contributed by atoms with E-state index in [4.69, 9.17) is 22.0 Å². The van der Waals surface area contributed by atoms with Gasteiger partial charge in [0, 0.05) is 13.1 Å². The maximum absolute atomic E-state index is 12.5. The Hall–Kier alpha value is -1.62. The third kappa shape index (κ3) is 3.18. The van der Waals surface area contributed by atoms with Crippen LogP contribution in [0.25, 0.3) is 0 Å². The minimum atomic E-state index is -3.86. The number of piperidine rings is 1. The second-order valence-corrected chi connectivity index (χ2v) is 7.11. The van der Waals surface area contributed by atoms with E-state index >= 15 is 0 Å². The molecule has 1 aliphatic heterocycles. The fourth-order valence-corrected chi connectivity index (χ4v) is 4.32. The molecule has 21 heavy (non-hydrogen) atoms. The Morgan fingerprint density at radius 3 is 2.76 bits per heavy atom. The van der Waals surface area contributed by atoms with E-state index in [1.807, 2.05) is 6.07 Å². The lowest BCUT2D eigenvalue weighted by Crippen LogP contribution is -2.42. The van der Waals surface area contributed by atoms with Crippen LogP contribution in [-0.4, -0.2) is 36.9 Å². The summed E-state index contributed by atoms with van der Waals surface area (Å²) in [5.41, 5.74) is 0.265. The molecule has 8 heteroatoms. The number of aliphatic carboxylic acids is 1. The third-order valence-electron chi connectivity index (χ3n) is 3.41. The molecule has 1 saturated heterocycles. The van der Waals surface area contributed by atoms with Gasteiger partial charge in [-0.1, -0.05) is 11.6 Å². The molecule has 0 saturated carbocycles. The molecule has 0 unspecified atom stereocenters. The average molecular weight is 329 g/mol. The molecule has 1 heterocycles. The minimum Gasteiger partial charge on any atom is -0.481 e. The van der Waals surface area contributed by atoms with Gasteiger partial charge in [0.05, 0.1) is 22.6 Å². The Labute approximate surface area is 127 Å². The number of nitrogens with zero attached hydrogens (tertiary/aromatic N) is 2. The number of carbonyl (C=O) groups is 1. The van der Waals surface area contributed by atoms with Gasteiger partial charge in [-0.25, -0.2) is 8.42 Å². The van der Waals surface area contributed by atoms with Crippen molar-refractivity contribution in [3.63, 3.8) is 0 Å². The van der Waals surface area contributed by atoms with E-state index in [0.717, 1.165) is 4.31 Å². The maximum Gasteiger partial charge on any atom is 0.307 e. The lowest BCUT2D eigenvalue weighted by molar-refractivity contribution is -0.142. The van der Waals surface area contributed by atoms with Crippen molar-refractivity contribution in [2.45, 2.75) is 17.7 Å². The molecule has 0 radical (unpaired) electrons. The van der Waals surface area contributed by atoms with Crippen LogP contribution in [0.2, 0.25) is 5.02 Å². The van der Waals surface area contributed by atoms with E-state index in [9.17, 15) is 13.2 Å². The van der Waals surface area contributed by atoms with Crippen LogP contribution in [-0.2, 0) is 14.8 Å². The van der Waals surface area contributed by atoms with Crippen LogP contribution in [0.15, 0.2) is 23.1 Å². The fourth-order valence-electron chi connectivity index (χ4n) is 2.28. The van der Waals surface area contributed by atoms with E-state index < -0.39 is 21.9 Å². The summed E-state index contributed by atoms with van der Waals surface area (Å²) in [6, 6.07) is 5.81. The van der Waals surface area contributed by atoms with Crippen molar-refractivity contribution >= 4 is 27.6 Å². The quantitative estimate of drug-likeness (QED) is 0.910. The number of hydrogen-bond acceptors (Lipinski definition) is 4. The molecule has 2 rings (SSSR count). The van der Waals surface area contributed by atoms with E-state index in [2.05, 4.69) is 0 Å². The number of halogens is 1. The molecule has 0 aliphatic carbocycles. The zero-order chi connectivity index (χ0) is 15.6. The van der Waals surface area contributed by atoms with Crippen LogP contribution in [0, 0.1) is 17.2 Å². The highest BCUT2D eigenvalue weighted by Crippen LogP contribution is 2.29. The summed E-state index contributed by atoms with van der Waals surface area (Å²) in [4.78, 5) is 10.9. The van der Waals surface area contributed by atoms with Crippen molar-refractivity contribution in [3.05, 3.63) is 28.8 Å². The predicted octanol–water partition coefficient (Wildman–Crippen LogP) is 1.70. The molecule has 0 aromatic heterocycles. The van der Waals surface area contributed by atoms with Crippen LogP contribution >= 0.6 is 11.6 Å². The molecule has 6 nitrogen and oxygen atoms in total. The summed E-state index contributed by atoms with van der Waals surface area (Å²) < 4.78 is 26.2. The molecule has 112 valence electrons. The van der Waals surface area contributed by atoms with Gasteiger partial charge in [-0.15, -0.1) is 0 Å². The van der Waals surface area contributed by atoms with Crippen LogP contribution < -0.4 is 0 Å². The van der Waals surface area contributed by atoms with Gasteiger partial charge in [0.2, 0.25) is 10.0 Å². The second-order valence-electron chi connectivity index (χ2n) is 4.80. The first-order valence-corrected chi connectivity index (χ1v) is 8.10. The zero-order valence-electron chi connectivity index (χ0n) is 11.0. The van der Waals surface area contributed by atoms with E-state index in [0.29, 0.717) is 12.8 Å². The van der Waals surface area contributed by atoms with Crippen LogP contribution in [0.3, 0.4) is 0 Å². The van der Waals surface area contributed by atoms with Gasteiger partial charge in [0.25, 0.3) is 0 Å². The Morgan fingerprint density at radius 2 is 2.19 bits per heavy atom. The van der Waals surface area contributed by atoms with Crippen molar-refractivity contribution < 1.29 is 18.3 Å².